The van der Waals surface area contributed by atoms with Gasteiger partial charge in [-0.2, -0.15) is 0 Å². The van der Waals surface area contributed by atoms with Crippen molar-refractivity contribution in [3.8, 4) is 0 Å². The van der Waals surface area contributed by atoms with Gasteiger partial charge in [-0.25, -0.2) is 4.99 Å². The Labute approximate surface area is 154 Å². The molecule has 0 radical (unpaired) electrons. The first-order valence-corrected chi connectivity index (χ1v) is 8.01. The molecule has 22 heavy (non-hydrogen) atoms. The van der Waals surface area contributed by atoms with Gasteiger partial charge in [0.05, 0.1) is 12.6 Å². The van der Waals surface area contributed by atoms with Crippen molar-refractivity contribution in [3.63, 3.8) is 0 Å². The van der Waals surface area contributed by atoms with E-state index in [1.165, 1.54) is 0 Å². The summed E-state index contributed by atoms with van der Waals surface area (Å²) in [5, 5.41) is 17.2. The van der Waals surface area contributed by atoms with E-state index in [-0.39, 0.29) is 30.1 Å². The average molecular weight is 438 g/mol. The Balaban J connectivity index is 0.00000242. The third kappa shape index (κ3) is 6.30. The SMILES string of the molecule is CCNC(=NCc1ccc(Cl)cc1)NCC1CCCC1O.I. The van der Waals surface area contributed by atoms with E-state index in [0.717, 1.165) is 48.9 Å². The van der Waals surface area contributed by atoms with Gasteiger partial charge in [-0.15, -0.1) is 24.0 Å². The third-order valence-corrected chi connectivity index (χ3v) is 4.08. The second-order valence-electron chi connectivity index (χ2n) is 5.46. The van der Waals surface area contributed by atoms with Crippen LogP contribution in [0.1, 0.15) is 31.7 Å². The fraction of sp³-hybridized carbons (Fsp3) is 0.562. The molecule has 1 saturated carbocycles. The Morgan fingerprint density at radius 2 is 2.00 bits per heavy atom. The van der Waals surface area contributed by atoms with E-state index >= 15 is 0 Å². The van der Waals surface area contributed by atoms with Gasteiger partial charge in [0.25, 0.3) is 0 Å². The third-order valence-electron chi connectivity index (χ3n) is 3.83. The van der Waals surface area contributed by atoms with Crippen molar-refractivity contribution < 1.29 is 5.11 Å². The Morgan fingerprint density at radius 3 is 2.59 bits per heavy atom. The van der Waals surface area contributed by atoms with Crippen molar-refractivity contribution in [1.29, 1.82) is 0 Å². The maximum absolute atomic E-state index is 9.85. The first kappa shape index (κ1) is 19.5. The highest BCUT2D eigenvalue weighted by atomic mass is 127. The van der Waals surface area contributed by atoms with Crippen LogP contribution in [0.4, 0.5) is 0 Å². The molecule has 124 valence electrons. The molecule has 2 unspecified atom stereocenters. The summed E-state index contributed by atoms with van der Waals surface area (Å²) in [7, 11) is 0. The van der Waals surface area contributed by atoms with E-state index in [1.807, 2.05) is 31.2 Å². The molecule has 4 nitrogen and oxygen atoms in total. The van der Waals surface area contributed by atoms with E-state index in [0.29, 0.717) is 12.5 Å². The first-order valence-electron chi connectivity index (χ1n) is 7.63. The van der Waals surface area contributed by atoms with Crippen molar-refractivity contribution in [3.05, 3.63) is 34.9 Å². The van der Waals surface area contributed by atoms with Gasteiger partial charge in [-0.1, -0.05) is 30.2 Å². The van der Waals surface area contributed by atoms with Gasteiger partial charge in [0, 0.05) is 24.0 Å². The highest BCUT2D eigenvalue weighted by molar-refractivity contribution is 14.0. The Kier molecular flexibility index (Phi) is 9.12. The largest absolute Gasteiger partial charge is 0.393 e. The molecule has 0 heterocycles. The summed E-state index contributed by atoms with van der Waals surface area (Å²) < 4.78 is 0. The second kappa shape index (κ2) is 10.3. The van der Waals surface area contributed by atoms with Gasteiger partial charge in [-0.3, -0.25) is 0 Å². The van der Waals surface area contributed by atoms with Crippen LogP contribution in [-0.4, -0.2) is 30.3 Å². The van der Waals surface area contributed by atoms with Crippen LogP contribution in [0.5, 0.6) is 0 Å². The zero-order valence-corrected chi connectivity index (χ0v) is 16.0. The predicted molar refractivity (Wildman–Crippen MR) is 103 cm³/mol. The van der Waals surface area contributed by atoms with Gasteiger partial charge < -0.3 is 15.7 Å². The molecule has 0 amide bonds. The van der Waals surface area contributed by atoms with Crippen molar-refractivity contribution in [2.45, 2.75) is 38.8 Å². The van der Waals surface area contributed by atoms with Crippen molar-refractivity contribution >= 4 is 41.5 Å². The fourth-order valence-electron chi connectivity index (χ4n) is 2.59. The quantitative estimate of drug-likeness (QED) is 0.377. The number of rotatable bonds is 5. The van der Waals surface area contributed by atoms with Gasteiger partial charge in [0.2, 0.25) is 0 Å². The molecule has 1 aliphatic rings. The second-order valence-corrected chi connectivity index (χ2v) is 5.90. The lowest BCUT2D eigenvalue weighted by atomic mass is 10.1. The number of halogens is 2. The topological polar surface area (TPSA) is 56.7 Å². The molecule has 1 aromatic rings. The number of benzene rings is 1. The minimum absolute atomic E-state index is 0. The van der Waals surface area contributed by atoms with Crippen LogP contribution >= 0.6 is 35.6 Å². The van der Waals surface area contributed by atoms with Crippen molar-refractivity contribution in [2.75, 3.05) is 13.1 Å². The van der Waals surface area contributed by atoms with E-state index in [9.17, 15) is 5.11 Å². The highest BCUT2D eigenvalue weighted by Gasteiger charge is 2.24. The molecule has 0 aliphatic heterocycles. The highest BCUT2D eigenvalue weighted by Crippen LogP contribution is 2.24. The lowest BCUT2D eigenvalue weighted by Gasteiger charge is -2.17. The zero-order chi connectivity index (χ0) is 15.1. The molecular weight excluding hydrogens is 413 g/mol. The lowest BCUT2D eigenvalue weighted by Crippen LogP contribution is -2.41. The molecule has 2 atom stereocenters. The molecule has 0 saturated heterocycles. The van der Waals surface area contributed by atoms with Crippen LogP contribution < -0.4 is 10.6 Å². The summed E-state index contributed by atoms with van der Waals surface area (Å²) >= 11 is 5.88. The summed E-state index contributed by atoms with van der Waals surface area (Å²) in [6, 6.07) is 7.72. The Hall–Kier alpha value is -0.530. The minimum atomic E-state index is -0.170. The first-order chi connectivity index (χ1) is 10.2. The molecule has 2 rings (SSSR count). The number of aliphatic hydroxyl groups excluding tert-OH is 1. The summed E-state index contributed by atoms with van der Waals surface area (Å²) in [6.07, 6.45) is 2.96. The molecule has 1 aromatic carbocycles. The van der Waals surface area contributed by atoms with E-state index in [2.05, 4.69) is 15.6 Å². The van der Waals surface area contributed by atoms with Gasteiger partial charge in [-0.05, 0) is 37.5 Å². The maximum atomic E-state index is 9.85. The average Bonchev–Trinajstić information content (AvgIpc) is 2.89. The Morgan fingerprint density at radius 1 is 1.27 bits per heavy atom. The Bertz CT molecular complexity index is 467. The molecule has 3 N–H and O–H groups in total. The van der Waals surface area contributed by atoms with Gasteiger partial charge in [0.1, 0.15) is 0 Å². The fourth-order valence-corrected chi connectivity index (χ4v) is 2.71. The number of aliphatic imine (C=N–C) groups is 1. The normalized spacial score (nSPS) is 21.3. The molecular formula is C16H25ClIN3O. The zero-order valence-electron chi connectivity index (χ0n) is 12.9. The van der Waals surface area contributed by atoms with Crippen LogP contribution in [0.3, 0.4) is 0 Å². The number of nitrogens with zero attached hydrogens (tertiary/aromatic N) is 1. The smallest absolute Gasteiger partial charge is 0.191 e. The minimum Gasteiger partial charge on any atom is -0.393 e. The van der Waals surface area contributed by atoms with Crippen LogP contribution in [0.2, 0.25) is 5.02 Å². The number of guanidine groups is 1. The summed E-state index contributed by atoms with van der Waals surface area (Å²) in [4.78, 5) is 4.57. The van der Waals surface area contributed by atoms with Gasteiger partial charge in [0.15, 0.2) is 5.96 Å². The summed E-state index contributed by atoms with van der Waals surface area (Å²) in [6.45, 7) is 4.25. The molecule has 1 fully saturated rings. The maximum Gasteiger partial charge on any atom is 0.191 e. The summed E-state index contributed by atoms with van der Waals surface area (Å²) in [5.74, 6) is 1.14. The van der Waals surface area contributed by atoms with Crippen LogP contribution in [0.15, 0.2) is 29.3 Å². The standard InChI is InChI=1S/C16H24ClN3O.HI/c1-2-18-16(20-11-13-4-3-5-15(13)21)19-10-12-6-8-14(17)9-7-12;/h6-9,13,15,21H,2-5,10-11H2,1H3,(H2,18,19,20);1H. The number of hydrogen-bond acceptors (Lipinski definition) is 2. The summed E-state index contributed by atoms with van der Waals surface area (Å²) in [5.41, 5.74) is 1.12. The monoisotopic (exact) mass is 437 g/mol. The number of hydrogen-bond donors (Lipinski definition) is 3. The van der Waals surface area contributed by atoms with E-state index in [4.69, 9.17) is 11.6 Å². The molecule has 0 bridgehead atoms. The van der Waals surface area contributed by atoms with Crippen molar-refractivity contribution in [1.82, 2.24) is 10.6 Å². The number of aliphatic hydroxyl groups is 1. The van der Waals surface area contributed by atoms with E-state index in [1.54, 1.807) is 0 Å². The predicted octanol–water partition coefficient (Wildman–Crippen LogP) is 3.17. The lowest BCUT2D eigenvalue weighted by molar-refractivity contribution is 0.134. The van der Waals surface area contributed by atoms with Crippen LogP contribution in [0, 0.1) is 5.92 Å². The van der Waals surface area contributed by atoms with Crippen LogP contribution in [0.25, 0.3) is 0 Å². The van der Waals surface area contributed by atoms with Gasteiger partial charge >= 0.3 is 0 Å². The number of nitrogens with one attached hydrogen (secondary N) is 2. The molecule has 0 spiro atoms. The molecule has 6 heteroatoms. The molecule has 0 aromatic heterocycles. The van der Waals surface area contributed by atoms with E-state index < -0.39 is 0 Å². The molecule has 1 aliphatic carbocycles. The van der Waals surface area contributed by atoms with Crippen LogP contribution in [-0.2, 0) is 6.54 Å². The van der Waals surface area contributed by atoms with Crippen molar-refractivity contribution in [2.24, 2.45) is 10.9 Å².